The van der Waals surface area contributed by atoms with Gasteiger partial charge in [0.1, 0.15) is 6.54 Å². The van der Waals surface area contributed by atoms with E-state index in [1.54, 1.807) is 23.2 Å². The van der Waals surface area contributed by atoms with Gasteiger partial charge in [-0.25, -0.2) is 9.46 Å². The van der Waals surface area contributed by atoms with Crippen LogP contribution in [0.2, 0.25) is 0 Å². The first-order valence-corrected chi connectivity index (χ1v) is 14.5. The van der Waals surface area contributed by atoms with Crippen molar-refractivity contribution in [2.75, 3.05) is 50.2 Å². The van der Waals surface area contributed by atoms with E-state index in [1.807, 2.05) is 78.9 Å². The number of carbonyl (C=O) groups excluding carboxylic acids is 2. The number of hydrogen-bond acceptors (Lipinski definition) is 8. The number of para-hydroxylation sites is 1. The van der Waals surface area contributed by atoms with E-state index in [0.717, 1.165) is 34.8 Å². The van der Waals surface area contributed by atoms with Crippen LogP contribution in [-0.4, -0.2) is 77.9 Å². The van der Waals surface area contributed by atoms with Crippen LogP contribution in [0.15, 0.2) is 88.9 Å². The number of nitrogens with zero attached hydrogens (tertiary/aromatic N) is 5. The first kappa shape index (κ1) is 28.7. The number of thiol groups is 1. The number of ether oxygens (including phenoxy) is 1. The molecule has 2 amide bonds. The van der Waals surface area contributed by atoms with Crippen molar-refractivity contribution in [1.29, 1.82) is 0 Å². The Balaban J connectivity index is 1.33. The molecule has 41 heavy (non-hydrogen) atoms. The Bertz CT molecular complexity index is 1480. The lowest BCUT2D eigenvalue weighted by molar-refractivity contribution is -0.120. The molecule has 210 valence electrons. The van der Waals surface area contributed by atoms with Crippen LogP contribution >= 0.6 is 24.4 Å². The molecule has 2 saturated heterocycles. The molecule has 0 bridgehead atoms. The van der Waals surface area contributed by atoms with E-state index in [9.17, 15) is 9.59 Å². The Hall–Kier alpha value is -3.86. The van der Waals surface area contributed by atoms with E-state index < -0.39 is 0 Å². The van der Waals surface area contributed by atoms with Crippen LogP contribution in [-0.2, 0) is 20.9 Å². The van der Waals surface area contributed by atoms with E-state index >= 15 is 0 Å². The van der Waals surface area contributed by atoms with Gasteiger partial charge < -0.3 is 10.1 Å². The molecule has 0 atom stereocenters. The van der Waals surface area contributed by atoms with Crippen molar-refractivity contribution in [1.82, 2.24) is 14.5 Å². The van der Waals surface area contributed by atoms with Crippen molar-refractivity contribution >= 4 is 64.0 Å². The topological polar surface area (TPSA) is 91.6 Å². The summed E-state index contributed by atoms with van der Waals surface area (Å²) in [5.74, 6) is -0.272. The van der Waals surface area contributed by atoms with Gasteiger partial charge in [-0.05, 0) is 42.0 Å². The lowest BCUT2D eigenvalue weighted by Gasteiger charge is -2.25. The maximum absolute atomic E-state index is 13.5. The second-order valence-corrected chi connectivity index (χ2v) is 10.9. The molecule has 3 aromatic rings. The average Bonchev–Trinajstić information content (AvgIpc) is 3.27. The second kappa shape index (κ2) is 13.7. The van der Waals surface area contributed by atoms with Gasteiger partial charge in [-0.15, -0.1) is 12.6 Å². The highest BCUT2D eigenvalue weighted by Gasteiger charge is 2.45. The van der Waals surface area contributed by atoms with Crippen molar-refractivity contribution in [3.05, 3.63) is 90.0 Å². The molecule has 5 rings (SSSR count). The Morgan fingerprint density at radius 2 is 1.78 bits per heavy atom. The standard InChI is InChI=1S/C30H30N6O3S2/c1-34(25-9-5-6-10-26(25)40)33-28-29(38)36(20-23-7-3-2-4-8-23)30(41-28)31-19-22-11-13-24(14-12-22)32-27(37)21-35-15-17-39-18-16-35/h2-14,19,40H,15-18,20-21H2,1H3/p+1/b33-28+. The lowest BCUT2D eigenvalue weighted by atomic mass is 10.2. The summed E-state index contributed by atoms with van der Waals surface area (Å²) < 4.78 is 10.0. The molecule has 0 aromatic heterocycles. The molecule has 0 saturated carbocycles. The third-order valence-corrected chi connectivity index (χ3v) is 7.83. The van der Waals surface area contributed by atoms with E-state index in [1.165, 1.54) is 11.8 Å². The number of benzene rings is 3. The third kappa shape index (κ3) is 7.66. The summed E-state index contributed by atoms with van der Waals surface area (Å²) in [6.07, 6.45) is 1.71. The van der Waals surface area contributed by atoms with Gasteiger partial charge in [-0.1, -0.05) is 42.5 Å². The largest absolute Gasteiger partial charge is 0.420 e. The second-order valence-electron chi connectivity index (χ2n) is 9.50. The predicted octanol–water partition coefficient (Wildman–Crippen LogP) is 3.31. The van der Waals surface area contributed by atoms with Gasteiger partial charge in [0.25, 0.3) is 0 Å². The number of thioether (sulfide) groups is 1. The third-order valence-electron chi connectivity index (χ3n) is 6.49. The summed E-state index contributed by atoms with van der Waals surface area (Å²) in [4.78, 5) is 30.3. The van der Waals surface area contributed by atoms with Crippen LogP contribution in [0.4, 0.5) is 11.4 Å². The Morgan fingerprint density at radius 1 is 1.07 bits per heavy atom. The number of hydrogen-bond donors (Lipinski definition) is 2. The van der Waals surface area contributed by atoms with Crippen molar-refractivity contribution in [3.63, 3.8) is 0 Å². The number of nitrogens with one attached hydrogen (secondary N) is 1. The predicted molar refractivity (Wildman–Crippen MR) is 169 cm³/mol. The van der Waals surface area contributed by atoms with E-state index in [2.05, 4.69) is 32.6 Å². The number of amidine groups is 1. The minimum Gasteiger partial charge on any atom is -0.379 e. The van der Waals surface area contributed by atoms with Gasteiger partial charge in [0.15, 0.2) is 6.21 Å². The van der Waals surface area contributed by atoms with Crippen molar-refractivity contribution in [3.8, 4) is 0 Å². The first-order valence-electron chi connectivity index (χ1n) is 13.2. The van der Waals surface area contributed by atoms with Gasteiger partial charge >= 0.3 is 11.1 Å². The van der Waals surface area contributed by atoms with Crippen LogP contribution in [0.25, 0.3) is 0 Å². The molecule has 1 N–H and O–H groups in total. The molecule has 11 heteroatoms. The molecular weight excluding hydrogens is 557 g/mol. The zero-order valence-corrected chi connectivity index (χ0v) is 24.4. The SMILES string of the molecule is CN(/N=C1/SC(=[N+]=Cc2ccc(NC(=O)CN3CCOCC3)cc2)N(Cc2ccccc2)C1=O)c1ccccc1S. The Morgan fingerprint density at radius 3 is 2.51 bits per heavy atom. The van der Waals surface area contributed by atoms with Gasteiger partial charge in [0, 0.05) is 48.0 Å². The highest BCUT2D eigenvalue weighted by Crippen LogP contribution is 2.27. The summed E-state index contributed by atoms with van der Waals surface area (Å²) in [5.41, 5.74) is 3.33. The number of rotatable bonds is 8. The maximum Gasteiger partial charge on any atom is 0.420 e. The van der Waals surface area contributed by atoms with Gasteiger partial charge in [-0.2, -0.15) is 10.0 Å². The lowest BCUT2D eigenvalue weighted by Crippen LogP contribution is -2.41. The van der Waals surface area contributed by atoms with Crippen molar-refractivity contribution in [2.45, 2.75) is 11.4 Å². The van der Waals surface area contributed by atoms with Crippen LogP contribution in [0.5, 0.6) is 0 Å². The van der Waals surface area contributed by atoms with E-state index in [0.29, 0.717) is 42.2 Å². The summed E-state index contributed by atoms with van der Waals surface area (Å²) in [7, 11) is 1.79. The fourth-order valence-corrected chi connectivity index (χ4v) is 5.53. The first-order chi connectivity index (χ1) is 20.0. The molecule has 0 radical (unpaired) electrons. The van der Waals surface area contributed by atoms with Gasteiger partial charge in [-0.3, -0.25) is 14.7 Å². The molecule has 0 spiro atoms. The van der Waals surface area contributed by atoms with E-state index in [-0.39, 0.29) is 11.8 Å². The molecule has 0 aliphatic carbocycles. The molecule has 2 aliphatic heterocycles. The van der Waals surface area contributed by atoms with Gasteiger partial charge in [0.2, 0.25) is 11.0 Å². The summed E-state index contributed by atoms with van der Waals surface area (Å²) in [5, 5.41) is 10.0. The normalized spacial score (nSPS) is 16.5. The highest BCUT2D eigenvalue weighted by molar-refractivity contribution is 8.28. The van der Waals surface area contributed by atoms with E-state index in [4.69, 9.17) is 4.74 Å². The zero-order chi connectivity index (χ0) is 28.6. The Kier molecular flexibility index (Phi) is 9.55. The number of anilines is 2. The molecule has 9 nitrogen and oxygen atoms in total. The van der Waals surface area contributed by atoms with Crippen molar-refractivity contribution in [2.24, 2.45) is 5.10 Å². The van der Waals surface area contributed by atoms with Gasteiger partial charge in [0.05, 0.1) is 25.4 Å². The maximum atomic E-state index is 13.5. The molecule has 3 aromatic carbocycles. The number of amides is 2. The minimum atomic E-state index is -0.215. The fourth-order valence-electron chi connectivity index (χ4n) is 4.33. The molecule has 0 unspecified atom stereocenters. The molecular formula is C30H31N6O3S2+. The van der Waals surface area contributed by atoms with Crippen LogP contribution in [0.1, 0.15) is 11.1 Å². The number of carbonyl (C=O) groups is 2. The fraction of sp³-hybridized carbons (Fsp3) is 0.233. The molecule has 2 aliphatic rings. The Labute approximate surface area is 249 Å². The quantitative estimate of drug-likeness (QED) is 0.182. The number of hydrazone groups is 1. The minimum absolute atomic E-state index is 0.0568. The van der Waals surface area contributed by atoms with Crippen LogP contribution < -0.4 is 15.0 Å². The van der Waals surface area contributed by atoms with Crippen molar-refractivity contribution < 1.29 is 14.3 Å². The smallest absolute Gasteiger partial charge is 0.379 e. The number of morpholine rings is 1. The summed E-state index contributed by atoms with van der Waals surface area (Å²) >= 11 is 5.75. The van der Waals surface area contributed by atoms with Crippen LogP contribution in [0, 0.1) is 0 Å². The average molecular weight is 588 g/mol. The molecule has 2 heterocycles. The summed E-state index contributed by atoms with van der Waals surface area (Å²) in [6, 6.07) is 24.8. The summed E-state index contributed by atoms with van der Waals surface area (Å²) in [6.45, 7) is 3.54. The van der Waals surface area contributed by atoms with Crippen LogP contribution in [0.3, 0.4) is 0 Å². The zero-order valence-electron chi connectivity index (χ0n) is 22.6. The highest BCUT2D eigenvalue weighted by atomic mass is 32.2. The molecule has 2 fully saturated rings. The monoisotopic (exact) mass is 587 g/mol.